The molecule has 4 nitrogen and oxygen atoms in total. The van der Waals surface area contributed by atoms with E-state index < -0.39 is 17.6 Å². The summed E-state index contributed by atoms with van der Waals surface area (Å²) in [5.41, 5.74) is 6.58. The third-order valence-corrected chi connectivity index (χ3v) is 4.24. The van der Waals surface area contributed by atoms with Gasteiger partial charge in [0.05, 0.1) is 5.92 Å². The summed E-state index contributed by atoms with van der Waals surface area (Å²) in [5, 5.41) is 10.3. The summed E-state index contributed by atoms with van der Waals surface area (Å²) in [6.07, 6.45) is 1.59. The summed E-state index contributed by atoms with van der Waals surface area (Å²) in [6.45, 7) is 0. The second-order valence-corrected chi connectivity index (χ2v) is 5.62. The van der Waals surface area contributed by atoms with Crippen LogP contribution in [0.4, 0.5) is 8.78 Å². The number of nitrogens with two attached hydrogens (primary N) is 1. The van der Waals surface area contributed by atoms with Gasteiger partial charge in [0.2, 0.25) is 5.88 Å². The quantitative estimate of drug-likeness (QED) is 0.735. The van der Waals surface area contributed by atoms with Crippen molar-refractivity contribution in [3.63, 3.8) is 0 Å². The van der Waals surface area contributed by atoms with Gasteiger partial charge in [-0.25, -0.2) is 8.78 Å². The number of nitriles is 1. The Kier molecular flexibility index (Phi) is 3.36. The Hall–Kier alpha value is -3.46. The van der Waals surface area contributed by atoms with Crippen molar-refractivity contribution < 1.29 is 13.5 Å². The maximum absolute atomic E-state index is 14.4. The highest BCUT2D eigenvalue weighted by Gasteiger charge is 2.35. The molecule has 25 heavy (non-hydrogen) atoms. The summed E-state index contributed by atoms with van der Waals surface area (Å²) in [6, 6.07) is 12.6. The molecule has 0 spiro atoms. The number of halogens is 2. The van der Waals surface area contributed by atoms with Gasteiger partial charge in [0.1, 0.15) is 28.8 Å². The monoisotopic (exact) mass is 335 g/mol. The normalized spacial score (nSPS) is 16.3. The minimum absolute atomic E-state index is 0.0354. The van der Waals surface area contributed by atoms with E-state index in [0.29, 0.717) is 16.8 Å². The molecule has 3 aromatic rings. The van der Waals surface area contributed by atoms with E-state index in [0.717, 1.165) is 17.5 Å². The molecule has 0 radical (unpaired) electrons. The average Bonchev–Trinajstić information content (AvgIpc) is 2.61. The smallest absolute Gasteiger partial charge is 0.205 e. The topological polar surface area (TPSA) is 71.9 Å². The molecule has 6 heteroatoms. The van der Waals surface area contributed by atoms with E-state index >= 15 is 0 Å². The molecule has 1 aromatic heterocycles. The number of hydrogen-bond donors (Lipinski definition) is 1. The van der Waals surface area contributed by atoms with E-state index in [1.807, 2.05) is 12.1 Å². The van der Waals surface area contributed by atoms with Crippen LogP contribution in [0.5, 0.6) is 5.75 Å². The minimum Gasteiger partial charge on any atom is -0.438 e. The van der Waals surface area contributed by atoms with Crippen molar-refractivity contribution in [1.82, 2.24) is 4.98 Å². The van der Waals surface area contributed by atoms with Crippen LogP contribution in [0.1, 0.15) is 17.0 Å². The molecule has 0 amide bonds. The maximum atomic E-state index is 14.4. The molecule has 1 atom stereocenters. The zero-order valence-electron chi connectivity index (χ0n) is 12.8. The Labute approximate surface area is 141 Å². The van der Waals surface area contributed by atoms with Gasteiger partial charge < -0.3 is 10.5 Å². The Morgan fingerprint density at radius 3 is 2.56 bits per heavy atom. The molecule has 0 saturated heterocycles. The molecule has 1 aliphatic heterocycles. The van der Waals surface area contributed by atoms with Gasteiger partial charge >= 0.3 is 0 Å². The molecule has 1 unspecified atom stereocenters. The fraction of sp³-hybridized carbons (Fsp3) is 0.0526. The number of ether oxygens (including phenoxy) is 1. The molecule has 1 aliphatic rings. The lowest BCUT2D eigenvalue weighted by Gasteiger charge is -2.27. The lowest BCUT2D eigenvalue weighted by Crippen LogP contribution is -2.22. The standard InChI is InChI=1S/C19H11F2N3O/c20-13-4-1-5-14(21)16(13)15-11-7-6-10-3-2-8-24-17(10)18(11)25-19(23)12(15)9-22/h1-8,15H,23H2. The highest BCUT2D eigenvalue weighted by molar-refractivity contribution is 5.87. The summed E-state index contributed by atoms with van der Waals surface area (Å²) < 4.78 is 34.4. The van der Waals surface area contributed by atoms with Gasteiger partial charge in [-0.05, 0) is 18.2 Å². The minimum atomic E-state index is -0.999. The second-order valence-electron chi connectivity index (χ2n) is 5.62. The van der Waals surface area contributed by atoms with E-state index in [4.69, 9.17) is 10.5 Å². The van der Waals surface area contributed by atoms with Crippen molar-refractivity contribution in [3.8, 4) is 11.8 Å². The number of hydrogen-bond acceptors (Lipinski definition) is 4. The summed E-state index contributed by atoms with van der Waals surface area (Å²) in [5.74, 6) is -2.37. The number of allylic oxidation sites excluding steroid dienone is 1. The number of rotatable bonds is 1. The van der Waals surface area contributed by atoms with Crippen LogP contribution in [-0.4, -0.2) is 4.98 Å². The first-order chi connectivity index (χ1) is 12.1. The van der Waals surface area contributed by atoms with Crippen LogP contribution in [0, 0.1) is 23.0 Å². The Balaban J connectivity index is 2.07. The molecule has 2 aromatic carbocycles. The van der Waals surface area contributed by atoms with Crippen molar-refractivity contribution in [2.75, 3.05) is 0 Å². The van der Waals surface area contributed by atoms with Gasteiger partial charge in [-0.1, -0.05) is 24.3 Å². The molecular weight excluding hydrogens is 324 g/mol. The third kappa shape index (κ3) is 2.21. The molecule has 0 saturated carbocycles. The van der Waals surface area contributed by atoms with Gasteiger partial charge in [-0.15, -0.1) is 0 Å². The first-order valence-corrected chi connectivity index (χ1v) is 7.51. The van der Waals surface area contributed by atoms with Crippen LogP contribution >= 0.6 is 0 Å². The van der Waals surface area contributed by atoms with Crippen LogP contribution in [0.25, 0.3) is 10.9 Å². The van der Waals surface area contributed by atoms with Gasteiger partial charge in [0.25, 0.3) is 0 Å². The Bertz CT molecular complexity index is 1070. The number of benzene rings is 2. The lowest BCUT2D eigenvalue weighted by molar-refractivity contribution is 0.394. The third-order valence-electron chi connectivity index (χ3n) is 4.24. The Morgan fingerprint density at radius 1 is 1.08 bits per heavy atom. The molecule has 0 bridgehead atoms. The predicted molar refractivity (Wildman–Crippen MR) is 87.4 cm³/mol. The summed E-state index contributed by atoms with van der Waals surface area (Å²) in [7, 11) is 0. The number of pyridine rings is 1. The fourth-order valence-corrected chi connectivity index (χ4v) is 3.14. The van der Waals surface area contributed by atoms with E-state index in [1.54, 1.807) is 24.4 Å². The maximum Gasteiger partial charge on any atom is 0.205 e. The van der Waals surface area contributed by atoms with Gasteiger partial charge in [-0.2, -0.15) is 5.26 Å². The molecule has 122 valence electrons. The van der Waals surface area contributed by atoms with Crippen LogP contribution in [0.2, 0.25) is 0 Å². The van der Waals surface area contributed by atoms with Gasteiger partial charge in [0.15, 0.2) is 5.75 Å². The summed E-state index contributed by atoms with van der Waals surface area (Å²) >= 11 is 0. The van der Waals surface area contributed by atoms with Crippen molar-refractivity contribution in [1.29, 1.82) is 5.26 Å². The summed E-state index contributed by atoms with van der Waals surface area (Å²) in [4.78, 5) is 4.28. The van der Waals surface area contributed by atoms with E-state index in [2.05, 4.69) is 4.98 Å². The highest BCUT2D eigenvalue weighted by atomic mass is 19.1. The number of aromatic nitrogens is 1. The van der Waals surface area contributed by atoms with Crippen LogP contribution in [0.3, 0.4) is 0 Å². The first-order valence-electron chi connectivity index (χ1n) is 7.51. The molecule has 2 heterocycles. The molecular formula is C19H11F2N3O. The van der Waals surface area contributed by atoms with E-state index in [9.17, 15) is 14.0 Å². The molecule has 0 fully saturated rings. The zero-order valence-corrected chi connectivity index (χ0v) is 12.8. The zero-order chi connectivity index (χ0) is 17.6. The molecule has 2 N–H and O–H groups in total. The van der Waals surface area contributed by atoms with E-state index in [1.165, 1.54) is 6.07 Å². The van der Waals surface area contributed by atoms with Gasteiger partial charge in [0, 0.05) is 22.7 Å². The van der Waals surface area contributed by atoms with Crippen molar-refractivity contribution >= 4 is 10.9 Å². The van der Waals surface area contributed by atoms with Crippen molar-refractivity contribution in [2.24, 2.45) is 5.73 Å². The highest BCUT2D eigenvalue weighted by Crippen LogP contribution is 2.45. The van der Waals surface area contributed by atoms with Gasteiger partial charge in [-0.3, -0.25) is 4.98 Å². The first kappa shape index (κ1) is 15.1. The lowest BCUT2D eigenvalue weighted by atomic mass is 9.82. The van der Waals surface area contributed by atoms with Crippen LogP contribution < -0.4 is 10.5 Å². The fourth-order valence-electron chi connectivity index (χ4n) is 3.14. The Morgan fingerprint density at radius 2 is 1.84 bits per heavy atom. The van der Waals surface area contributed by atoms with E-state index in [-0.39, 0.29) is 17.0 Å². The second kappa shape index (κ2) is 5.56. The number of nitrogens with zero attached hydrogens (tertiary/aromatic N) is 2. The largest absolute Gasteiger partial charge is 0.438 e. The van der Waals surface area contributed by atoms with Crippen molar-refractivity contribution in [3.05, 3.63) is 82.9 Å². The predicted octanol–water partition coefficient (Wildman–Crippen LogP) is 3.73. The number of fused-ring (bicyclic) bond motifs is 3. The van der Waals surface area contributed by atoms with Crippen molar-refractivity contribution in [2.45, 2.75) is 5.92 Å². The average molecular weight is 335 g/mol. The molecule has 0 aliphatic carbocycles. The van der Waals surface area contributed by atoms with Crippen LogP contribution in [-0.2, 0) is 0 Å². The molecule has 4 rings (SSSR count). The van der Waals surface area contributed by atoms with Crippen LogP contribution in [0.15, 0.2) is 60.1 Å². The SMILES string of the molecule is N#CC1=C(N)Oc2c(ccc3cccnc23)C1c1c(F)cccc1F.